The monoisotopic (exact) mass is 205 g/mol. The number of benzene rings is 1. The Bertz CT molecular complexity index is 450. The maximum absolute atomic E-state index is 5.70. The second kappa shape index (κ2) is 4.21. The van der Waals surface area contributed by atoms with Gasteiger partial charge in [0.05, 0.1) is 12.1 Å². The number of unbranched alkanes of at least 4 members (excludes halogenated alkanes) is 1. The Morgan fingerprint density at radius 3 is 3.13 bits per heavy atom. The molecular formula is C11H15N3O. The van der Waals surface area contributed by atoms with E-state index >= 15 is 0 Å². The normalized spacial score (nSPS) is 10.7. The van der Waals surface area contributed by atoms with Crippen LogP contribution in [0.1, 0.15) is 19.8 Å². The lowest BCUT2D eigenvalue weighted by molar-refractivity contribution is 0.310. The first-order chi connectivity index (χ1) is 7.31. The van der Waals surface area contributed by atoms with Crippen LogP contribution in [0.15, 0.2) is 18.2 Å². The van der Waals surface area contributed by atoms with Crippen molar-refractivity contribution >= 4 is 16.7 Å². The van der Waals surface area contributed by atoms with Crippen LogP contribution in [-0.4, -0.2) is 16.8 Å². The van der Waals surface area contributed by atoms with Crippen LogP contribution in [0.25, 0.3) is 10.9 Å². The molecule has 0 bridgehead atoms. The highest BCUT2D eigenvalue weighted by molar-refractivity contribution is 5.89. The number of anilines is 1. The molecule has 80 valence electrons. The van der Waals surface area contributed by atoms with Gasteiger partial charge in [-0.2, -0.15) is 5.10 Å². The van der Waals surface area contributed by atoms with Crippen molar-refractivity contribution in [3.63, 3.8) is 0 Å². The molecule has 1 heterocycles. The van der Waals surface area contributed by atoms with E-state index in [0.29, 0.717) is 5.82 Å². The van der Waals surface area contributed by atoms with Gasteiger partial charge in [-0.1, -0.05) is 13.3 Å². The Balaban J connectivity index is 2.18. The van der Waals surface area contributed by atoms with E-state index in [4.69, 9.17) is 10.5 Å². The molecule has 1 aromatic heterocycles. The van der Waals surface area contributed by atoms with E-state index in [-0.39, 0.29) is 0 Å². The Labute approximate surface area is 88.4 Å². The largest absolute Gasteiger partial charge is 0.494 e. The van der Waals surface area contributed by atoms with Gasteiger partial charge in [0.25, 0.3) is 0 Å². The van der Waals surface area contributed by atoms with Gasteiger partial charge in [0, 0.05) is 5.39 Å². The lowest BCUT2D eigenvalue weighted by atomic mass is 10.2. The number of nitrogens with two attached hydrogens (primary N) is 1. The third kappa shape index (κ3) is 2.03. The van der Waals surface area contributed by atoms with Gasteiger partial charge in [0.1, 0.15) is 5.75 Å². The summed E-state index contributed by atoms with van der Waals surface area (Å²) in [6, 6.07) is 5.78. The van der Waals surface area contributed by atoms with Crippen molar-refractivity contribution in [3.05, 3.63) is 18.2 Å². The molecule has 0 atom stereocenters. The first-order valence-corrected chi connectivity index (χ1v) is 5.17. The number of rotatable bonds is 4. The maximum atomic E-state index is 5.70. The lowest BCUT2D eigenvalue weighted by Crippen LogP contribution is -1.96. The molecule has 0 radical (unpaired) electrons. The highest BCUT2D eigenvalue weighted by Gasteiger charge is 2.03. The highest BCUT2D eigenvalue weighted by Crippen LogP contribution is 2.23. The van der Waals surface area contributed by atoms with Crippen molar-refractivity contribution in [3.8, 4) is 5.75 Å². The maximum Gasteiger partial charge on any atom is 0.153 e. The van der Waals surface area contributed by atoms with E-state index < -0.39 is 0 Å². The average Bonchev–Trinajstić information content (AvgIpc) is 2.61. The Hall–Kier alpha value is -1.71. The van der Waals surface area contributed by atoms with Crippen LogP contribution >= 0.6 is 0 Å². The minimum absolute atomic E-state index is 0.519. The second-order valence-corrected chi connectivity index (χ2v) is 3.52. The van der Waals surface area contributed by atoms with E-state index in [1.807, 2.05) is 18.2 Å². The molecule has 0 saturated carbocycles. The van der Waals surface area contributed by atoms with Crippen molar-refractivity contribution < 1.29 is 4.74 Å². The summed E-state index contributed by atoms with van der Waals surface area (Å²) >= 11 is 0. The molecule has 4 heteroatoms. The molecule has 0 aliphatic carbocycles. The number of nitrogen functional groups attached to an aromatic ring is 1. The summed E-state index contributed by atoms with van der Waals surface area (Å²) in [5.41, 5.74) is 6.64. The summed E-state index contributed by atoms with van der Waals surface area (Å²) < 4.78 is 5.58. The SMILES string of the molecule is CCCCOc1ccc2[nH]nc(N)c2c1. The first-order valence-electron chi connectivity index (χ1n) is 5.17. The first kappa shape index (κ1) is 9.83. The highest BCUT2D eigenvalue weighted by atomic mass is 16.5. The quantitative estimate of drug-likeness (QED) is 0.753. The van der Waals surface area contributed by atoms with E-state index in [9.17, 15) is 0 Å². The molecule has 4 nitrogen and oxygen atoms in total. The zero-order valence-electron chi connectivity index (χ0n) is 8.79. The molecule has 0 aliphatic heterocycles. The zero-order valence-corrected chi connectivity index (χ0v) is 8.79. The van der Waals surface area contributed by atoms with E-state index in [2.05, 4.69) is 17.1 Å². The summed E-state index contributed by atoms with van der Waals surface area (Å²) in [5, 5.41) is 7.70. The Morgan fingerprint density at radius 2 is 2.33 bits per heavy atom. The smallest absolute Gasteiger partial charge is 0.153 e. The molecule has 2 rings (SSSR count). The van der Waals surface area contributed by atoms with Gasteiger partial charge in [0.15, 0.2) is 5.82 Å². The third-order valence-electron chi connectivity index (χ3n) is 2.33. The van der Waals surface area contributed by atoms with Gasteiger partial charge in [-0.15, -0.1) is 0 Å². The van der Waals surface area contributed by atoms with Gasteiger partial charge in [-0.25, -0.2) is 0 Å². The minimum Gasteiger partial charge on any atom is -0.494 e. The molecule has 0 fully saturated rings. The lowest BCUT2D eigenvalue weighted by Gasteiger charge is -2.04. The summed E-state index contributed by atoms with van der Waals surface area (Å²) in [6.07, 6.45) is 2.20. The molecule has 0 unspecified atom stereocenters. The molecule has 0 saturated heterocycles. The van der Waals surface area contributed by atoms with Gasteiger partial charge >= 0.3 is 0 Å². The van der Waals surface area contributed by atoms with Crippen LogP contribution in [0.2, 0.25) is 0 Å². The van der Waals surface area contributed by atoms with Crippen LogP contribution in [-0.2, 0) is 0 Å². The Kier molecular flexibility index (Phi) is 2.76. The predicted molar refractivity (Wildman–Crippen MR) is 60.9 cm³/mol. The molecular weight excluding hydrogens is 190 g/mol. The summed E-state index contributed by atoms with van der Waals surface area (Å²) in [5.74, 6) is 1.37. The molecule has 0 amide bonds. The predicted octanol–water partition coefficient (Wildman–Crippen LogP) is 2.32. The standard InChI is InChI=1S/C11H15N3O/c1-2-3-6-15-8-4-5-10-9(7-8)11(12)14-13-10/h4-5,7H,2-3,6H2,1H3,(H3,12,13,14). The third-order valence-corrected chi connectivity index (χ3v) is 2.33. The number of hydrogen-bond donors (Lipinski definition) is 2. The topological polar surface area (TPSA) is 63.9 Å². The summed E-state index contributed by atoms with van der Waals surface area (Å²) in [6.45, 7) is 2.89. The molecule has 1 aromatic carbocycles. The number of aromatic nitrogens is 2. The van der Waals surface area contributed by atoms with Gasteiger partial charge in [0.2, 0.25) is 0 Å². The molecule has 3 N–H and O–H groups in total. The van der Waals surface area contributed by atoms with Gasteiger partial charge < -0.3 is 10.5 Å². The number of H-pyrrole nitrogens is 1. The summed E-state index contributed by atoms with van der Waals surface area (Å²) in [7, 11) is 0. The molecule has 0 spiro atoms. The fourth-order valence-electron chi connectivity index (χ4n) is 1.44. The molecule has 15 heavy (non-hydrogen) atoms. The number of nitrogens with zero attached hydrogens (tertiary/aromatic N) is 1. The minimum atomic E-state index is 0.519. The number of fused-ring (bicyclic) bond motifs is 1. The van der Waals surface area contributed by atoms with Gasteiger partial charge in [-0.05, 0) is 24.6 Å². The van der Waals surface area contributed by atoms with E-state index in [1.165, 1.54) is 0 Å². The summed E-state index contributed by atoms with van der Waals surface area (Å²) in [4.78, 5) is 0. The van der Waals surface area contributed by atoms with E-state index in [1.54, 1.807) is 0 Å². The Morgan fingerprint density at radius 1 is 1.47 bits per heavy atom. The van der Waals surface area contributed by atoms with Crippen LogP contribution in [0.5, 0.6) is 5.75 Å². The fraction of sp³-hybridized carbons (Fsp3) is 0.364. The van der Waals surface area contributed by atoms with Crippen LogP contribution < -0.4 is 10.5 Å². The number of aromatic amines is 1. The number of ether oxygens (including phenoxy) is 1. The number of nitrogens with one attached hydrogen (secondary N) is 1. The molecule has 2 aromatic rings. The van der Waals surface area contributed by atoms with Crippen molar-refractivity contribution in [1.29, 1.82) is 0 Å². The van der Waals surface area contributed by atoms with Crippen molar-refractivity contribution in [1.82, 2.24) is 10.2 Å². The second-order valence-electron chi connectivity index (χ2n) is 3.52. The van der Waals surface area contributed by atoms with E-state index in [0.717, 1.165) is 36.1 Å². The van der Waals surface area contributed by atoms with Crippen LogP contribution in [0.3, 0.4) is 0 Å². The number of hydrogen-bond acceptors (Lipinski definition) is 3. The fourth-order valence-corrected chi connectivity index (χ4v) is 1.44. The zero-order chi connectivity index (χ0) is 10.7. The van der Waals surface area contributed by atoms with Gasteiger partial charge in [-0.3, -0.25) is 5.10 Å². The molecule has 0 aliphatic rings. The van der Waals surface area contributed by atoms with Crippen molar-refractivity contribution in [2.75, 3.05) is 12.3 Å². The van der Waals surface area contributed by atoms with Crippen LogP contribution in [0, 0.1) is 0 Å². The van der Waals surface area contributed by atoms with Crippen molar-refractivity contribution in [2.45, 2.75) is 19.8 Å². The average molecular weight is 205 g/mol. The van der Waals surface area contributed by atoms with Crippen molar-refractivity contribution in [2.24, 2.45) is 0 Å². The van der Waals surface area contributed by atoms with Crippen LogP contribution in [0.4, 0.5) is 5.82 Å².